The summed E-state index contributed by atoms with van der Waals surface area (Å²) in [6.45, 7) is 8.16. The number of nitrogens with zero attached hydrogens (tertiary/aromatic N) is 2. The number of guanidine groups is 1. The summed E-state index contributed by atoms with van der Waals surface area (Å²) in [5.41, 5.74) is 0. The highest BCUT2D eigenvalue weighted by atomic mass is 127. The molecule has 2 saturated heterocycles. The number of piperidine rings is 1. The zero-order valence-corrected chi connectivity index (χ0v) is 15.8. The van der Waals surface area contributed by atoms with Crippen molar-refractivity contribution in [2.75, 3.05) is 46.4 Å². The zero-order valence-electron chi connectivity index (χ0n) is 13.4. The molecule has 1 unspecified atom stereocenters. The number of rotatable bonds is 5. The Kier molecular flexibility index (Phi) is 9.59. The minimum Gasteiger partial charge on any atom is -0.376 e. The van der Waals surface area contributed by atoms with Gasteiger partial charge in [0, 0.05) is 26.2 Å². The summed E-state index contributed by atoms with van der Waals surface area (Å²) < 4.78 is 5.64. The second kappa shape index (κ2) is 10.6. The molecule has 2 fully saturated rings. The molecular weight excluding hydrogens is 379 g/mol. The third kappa shape index (κ3) is 7.15. The molecule has 0 aromatic rings. The molecule has 6 heteroatoms. The van der Waals surface area contributed by atoms with Crippen molar-refractivity contribution in [3.8, 4) is 0 Å². The fraction of sp³-hybridized carbons (Fsp3) is 0.933. The van der Waals surface area contributed by atoms with Gasteiger partial charge in [-0.1, -0.05) is 0 Å². The molecule has 2 aliphatic rings. The van der Waals surface area contributed by atoms with Gasteiger partial charge >= 0.3 is 0 Å². The quantitative estimate of drug-likeness (QED) is 0.412. The van der Waals surface area contributed by atoms with Gasteiger partial charge in [0.25, 0.3) is 0 Å². The SMILES string of the molecule is CCNC(=NCC1CCN(C)CC1)NCC1CCCO1.I. The summed E-state index contributed by atoms with van der Waals surface area (Å²) in [7, 11) is 2.20. The molecule has 2 aliphatic heterocycles. The minimum absolute atomic E-state index is 0. The first kappa shape index (κ1) is 19.0. The number of nitrogens with one attached hydrogen (secondary N) is 2. The van der Waals surface area contributed by atoms with E-state index in [0.717, 1.165) is 38.1 Å². The highest BCUT2D eigenvalue weighted by molar-refractivity contribution is 14.0. The fourth-order valence-corrected chi connectivity index (χ4v) is 2.82. The van der Waals surface area contributed by atoms with E-state index in [1.165, 1.54) is 38.8 Å². The van der Waals surface area contributed by atoms with Gasteiger partial charge < -0.3 is 20.3 Å². The standard InChI is InChI=1S/C15H30N4O.HI/c1-3-16-15(18-12-14-5-4-10-20-14)17-11-13-6-8-19(2)9-7-13;/h13-14H,3-12H2,1-2H3,(H2,16,17,18);1H. The lowest BCUT2D eigenvalue weighted by Gasteiger charge is -2.28. The van der Waals surface area contributed by atoms with E-state index in [-0.39, 0.29) is 24.0 Å². The second-order valence-corrected chi connectivity index (χ2v) is 5.98. The van der Waals surface area contributed by atoms with E-state index in [2.05, 4.69) is 29.5 Å². The molecule has 0 aliphatic carbocycles. The molecule has 1 atom stereocenters. The van der Waals surface area contributed by atoms with Crippen molar-refractivity contribution in [1.82, 2.24) is 15.5 Å². The van der Waals surface area contributed by atoms with Crippen molar-refractivity contribution in [2.24, 2.45) is 10.9 Å². The highest BCUT2D eigenvalue weighted by Gasteiger charge is 2.17. The molecule has 2 N–H and O–H groups in total. The van der Waals surface area contributed by atoms with Gasteiger partial charge in [0.2, 0.25) is 0 Å². The van der Waals surface area contributed by atoms with Crippen molar-refractivity contribution in [1.29, 1.82) is 0 Å². The van der Waals surface area contributed by atoms with Gasteiger partial charge in [-0.25, -0.2) is 0 Å². The van der Waals surface area contributed by atoms with Gasteiger partial charge in [-0.3, -0.25) is 4.99 Å². The second-order valence-electron chi connectivity index (χ2n) is 5.98. The molecule has 0 amide bonds. The first-order valence-electron chi connectivity index (χ1n) is 8.10. The van der Waals surface area contributed by atoms with Crippen molar-refractivity contribution >= 4 is 29.9 Å². The van der Waals surface area contributed by atoms with Crippen LogP contribution in [0.2, 0.25) is 0 Å². The van der Waals surface area contributed by atoms with Crippen LogP contribution in [0.5, 0.6) is 0 Å². The third-order valence-corrected chi connectivity index (χ3v) is 4.21. The topological polar surface area (TPSA) is 48.9 Å². The molecule has 2 rings (SSSR count). The van der Waals surface area contributed by atoms with Crippen LogP contribution in [0, 0.1) is 5.92 Å². The predicted octanol–water partition coefficient (Wildman–Crippen LogP) is 1.68. The summed E-state index contributed by atoms with van der Waals surface area (Å²) in [4.78, 5) is 7.15. The summed E-state index contributed by atoms with van der Waals surface area (Å²) in [5.74, 6) is 1.69. The van der Waals surface area contributed by atoms with E-state index in [0.29, 0.717) is 6.10 Å². The first-order chi connectivity index (χ1) is 9.78. The monoisotopic (exact) mass is 410 g/mol. The Bertz CT molecular complexity index is 300. The Morgan fingerprint density at radius 2 is 2.00 bits per heavy atom. The van der Waals surface area contributed by atoms with Crippen LogP contribution in [0.3, 0.4) is 0 Å². The van der Waals surface area contributed by atoms with Crippen LogP contribution in [0.25, 0.3) is 0 Å². The fourth-order valence-electron chi connectivity index (χ4n) is 2.82. The van der Waals surface area contributed by atoms with E-state index in [4.69, 9.17) is 9.73 Å². The van der Waals surface area contributed by atoms with Crippen LogP contribution < -0.4 is 10.6 Å². The van der Waals surface area contributed by atoms with Gasteiger partial charge in [-0.15, -0.1) is 24.0 Å². The minimum atomic E-state index is 0. The number of aliphatic imine (C=N–C) groups is 1. The van der Waals surface area contributed by atoms with E-state index in [1.54, 1.807) is 0 Å². The van der Waals surface area contributed by atoms with Crippen LogP contribution >= 0.6 is 24.0 Å². The lowest BCUT2D eigenvalue weighted by atomic mass is 9.97. The first-order valence-corrected chi connectivity index (χ1v) is 8.10. The van der Waals surface area contributed by atoms with Gasteiger partial charge in [0.1, 0.15) is 0 Å². The Morgan fingerprint density at radius 3 is 2.62 bits per heavy atom. The number of ether oxygens (including phenoxy) is 1. The van der Waals surface area contributed by atoms with Gasteiger partial charge in [0.15, 0.2) is 5.96 Å². The molecule has 124 valence electrons. The Labute approximate surface area is 146 Å². The van der Waals surface area contributed by atoms with Gasteiger partial charge in [-0.05, 0) is 58.7 Å². The maximum atomic E-state index is 5.64. The van der Waals surface area contributed by atoms with Crippen molar-refractivity contribution < 1.29 is 4.74 Å². The Hall–Kier alpha value is -0.0800. The molecule has 0 bridgehead atoms. The number of halogens is 1. The van der Waals surface area contributed by atoms with E-state index in [1.807, 2.05) is 0 Å². The smallest absolute Gasteiger partial charge is 0.191 e. The Balaban J connectivity index is 0.00000220. The molecule has 5 nitrogen and oxygen atoms in total. The molecule has 0 spiro atoms. The molecule has 0 aromatic heterocycles. The van der Waals surface area contributed by atoms with Crippen LogP contribution in [-0.2, 0) is 4.74 Å². The number of hydrogen-bond donors (Lipinski definition) is 2. The Morgan fingerprint density at radius 1 is 1.24 bits per heavy atom. The predicted molar refractivity (Wildman–Crippen MR) is 98.6 cm³/mol. The summed E-state index contributed by atoms with van der Waals surface area (Å²) in [6, 6.07) is 0. The largest absolute Gasteiger partial charge is 0.376 e. The van der Waals surface area contributed by atoms with E-state index in [9.17, 15) is 0 Å². The van der Waals surface area contributed by atoms with Gasteiger partial charge in [-0.2, -0.15) is 0 Å². The molecule has 0 radical (unpaired) electrons. The van der Waals surface area contributed by atoms with Crippen molar-refractivity contribution in [3.05, 3.63) is 0 Å². The lowest BCUT2D eigenvalue weighted by Crippen LogP contribution is -2.41. The molecule has 0 saturated carbocycles. The average molecular weight is 410 g/mol. The van der Waals surface area contributed by atoms with Crippen molar-refractivity contribution in [3.63, 3.8) is 0 Å². The summed E-state index contributed by atoms with van der Waals surface area (Å²) in [5, 5.41) is 6.74. The summed E-state index contributed by atoms with van der Waals surface area (Å²) >= 11 is 0. The average Bonchev–Trinajstić information content (AvgIpc) is 2.97. The zero-order chi connectivity index (χ0) is 14.2. The molecule has 0 aromatic carbocycles. The maximum absolute atomic E-state index is 5.64. The number of hydrogen-bond acceptors (Lipinski definition) is 3. The highest BCUT2D eigenvalue weighted by Crippen LogP contribution is 2.16. The lowest BCUT2D eigenvalue weighted by molar-refractivity contribution is 0.113. The van der Waals surface area contributed by atoms with Crippen molar-refractivity contribution in [2.45, 2.75) is 38.7 Å². The normalized spacial score (nSPS) is 24.7. The van der Waals surface area contributed by atoms with E-state index >= 15 is 0 Å². The summed E-state index contributed by atoms with van der Waals surface area (Å²) in [6.07, 6.45) is 5.26. The molecular formula is C15H31IN4O. The molecule has 2 heterocycles. The third-order valence-electron chi connectivity index (χ3n) is 4.21. The van der Waals surface area contributed by atoms with Gasteiger partial charge in [0.05, 0.1) is 6.10 Å². The van der Waals surface area contributed by atoms with Crippen LogP contribution in [0.4, 0.5) is 0 Å². The molecule has 21 heavy (non-hydrogen) atoms. The maximum Gasteiger partial charge on any atom is 0.191 e. The van der Waals surface area contributed by atoms with Crippen LogP contribution in [0.1, 0.15) is 32.6 Å². The van der Waals surface area contributed by atoms with E-state index < -0.39 is 0 Å². The number of likely N-dealkylation sites (tertiary alicyclic amines) is 1. The van der Waals surface area contributed by atoms with Crippen LogP contribution in [-0.4, -0.2) is 63.3 Å². The van der Waals surface area contributed by atoms with Crippen LogP contribution in [0.15, 0.2) is 4.99 Å².